The zero-order valence-electron chi connectivity index (χ0n) is 8.18. The molecule has 0 fully saturated rings. The molecule has 0 saturated heterocycles. The van der Waals surface area contributed by atoms with E-state index in [1.807, 2.05) is 0 Å². The van der Waals surface area contributed by atoms with Gasteiger partial charge >= 0.3 is 6.18 Å². The first-order valence-electron chi connectivity index (χ1n) is 4.59. The quantitative estimate of drug-likeness (QED) is 0.769. The Bertz CT molecular complexity index is 500. The second-order valence-electron chi connectivity index (χ2n) is 3.35. The van der Waals surface area contributed by atoms with E-state index in [0.717, 1.165) is 6.07 Å². The van der Waals surface area contributed by atoms with Crippen molar-refractivity contribution in [2.45, 2.75) is 6.18 Å². The van der Waals surface area contributed by atoms with E-state index in [4.69, 9.17) is 5.73 Å². The molecular formula is C11H9F3N2. The summed E-state index contributed by atoms with van der Waals surface area (Å²) in [7, 11) is 0. The number of aromatic nitrogens is 1. The van der Waals surface area contributed by atoms with Crippen LogP contribution < -0.4 is 5.73 Å². The Morgan fingerprint density at radius 1 is 1.00 bits per heavy atom. The van der Waals surface area contributed by atoms with Crippen LogP contribution >= 0.6 is 0 Å². The minimum absolute atomic E-state index is 0.0914. The molecule has 0 saturated carbocycles. The van der Waals surface area contributed by atoms with Gasteiger partial charge in [-0.2, -0.15) is 13.2 Å². The summed E-state index contributed by atoms with van der Waals surface area (Å²) in [5.74, 6) is 0.233. The number of H-pyrrole nitrogens is 1. The highest BCUT2D eigenvalue weighted by Crippen LogP contribution is 2.38. The summed E-state index contributed by atoms with van der Waals surface area (Å²) in [6.45, 7) is 0. The molecule has 0 spiro atoms. The first kappa shape index (κ1) is 10.6. The molecule has 0 atom stereocenters. The summed E-state index contributed by atoms with van der Waals surface area (Å²) in [4.78, 5) is 2.66. The molecular weight excluding hydrogens is 217 g/mol. The zero-order chi connectivity index (χ0) is 11.8. The number of nitrogen functional groups attached to an aromatic ring is 1. The number of halogens is 3. The van der Waals surface area contributed by atoms with Crippen molar-refractivity contribution in [3.05, 3.63) is 42.1 Å². The fourth-order valence-electron chi connectivity index (χ4n) is 1.58. The van der Waals surface area contributed by atoms with Crippen molar-refractivity contribution < 1.29 is 13.2 Å². The summed E-state index contributed by atoms with van der Waals surface area (Å²) in [5, 5.41) is 0. The molecule has 0 aliphatic carbocycles. The smallest absolute Gasteiger partial charge is 0.385 e. The molecule has 3 N–H and O–H groups in total. The minimum Gasteiger partial charge on any atom is -0.385 e. The van der Waals surface area contributed by atoms with Crippen LogP contribution in [0.1, 0.15) is 5.56 Å². The van der Waals surface area contributed by atoms with Gasteiger partial charge in [-0.05, 0) is 17.7 Å². The van der Waals surface area contributed by atoms with Gasteiger partial charge in [0, 0.05) is 11.8 Å². The van der Waals surface area contributed by atoms with E-state index in [-0.39, 0.29) is 11.4 Å². The van der Waals surface area contributed by atoms with E-state index >= 15 is 0 Å². The van der Waals surface area contributed by atoms with Gasteiger partial charge in [-0.3, -0.25) is 0 Å². The Balaban J connectivity index is 2.62. The highest BCUT2D eigenvalue weighted by atomic mass is 19.4. The molecule has 5 heteroatoms. The van der Waals surface area contributed by atoms with E-state index in [0.29, 0.717) is 5.56 Å². The molecule has 0 radical (unpaired) electrons. The number of benzene rings is 1. The first-order chi connectivity index (χ1) is 7.50. The van der Waals surface area contributed by atoms with Crippen molar-refractivity contribution in [1.29, 1.82) is 0 Å². The van der Waals surface area contributed by atoms with E-state index in [1.54, 1.807) is 6.07 Å². The lowest BCUT2D eigenvalue weighted by Crippen LogP contribution is -2.07. The third kappa shape index (κ3) is 1.76. The lowest BCUT2D eigenvalue weighted by atomic mass is 10.0. The fourth-order valence-corrected chi connectivity index (χ4v) is 1.58. The van der Waals surface area contributed by atoms with Crippen LogP contribution in [-0.4, -0.2) is 4.98 Å². The number of nitrogens with one attached hydrogen (secondary N) is 1. The van der Waals surface area contributed by atoms with E-state index in [9.17, 15) is 13.2 Å². The van der Waals surface area contributed by atoms with Crippen molar-refractivity contribution in [2.24, 2.45) is 0 Å². The molecule has 1 aromatic heterocycles. The van der Waals surface area contributed by atoms with E-state index in [2.05, 4.69) is 4.98 Å². The van der Waals surface area contributed by atoms with Gasteiger partial charge in [0.25, 0.3) is 0 Å². The average Bonchev–Trinajstić information content (AvgIpc) is 2.63. The average molecular weight is 226 g/mol. The molecule has 84 valence electrons. The van der Waals surface area contributed by atoms with Gasteiger partial charge < -0.3 is 10.7 Å². The summed E-state index contributed by atoms with van der Waals surface area (Å²) < 4.78 is 38.2. The maximum Gasteiger partial charge on any atom is 0.417 e. The van der Waals surface area contributed by atoms with Gasteiger partial charge in [0.1, 0.15) is 5.82 Å². The van der Waals surface area contributed by atoms with Crippen molar-refractivity contribution in [3.63, 3.8) is 0 Å². The van der Waals surface area contributed by atoms with Gasteiger partial charge in [0.05, 0.1) is 5.56 Å². The monoisotopic (exact) mass is 226 g/mol. The number of hydrogen-bond acceptors (Lipinski definition) is 1. The molecule has 0 unspecified atom stereocenters. The van der Waals surface area contributed by atoms with Crippen molar-refractivity contribution in [2.75, 3.05) is 5.73 Å². The number of alkyl halides is 3. The number of nitrogens with two attached hydrogens (primary N) is 1. The maximum absolute atomic E-state index is 12.7. The van der Waals surface area contributed by atoms with Crippen LogP contribution in [0.25, 0.3) is 11.1 Å². The number of hydrogen-bond donors (Lipinski definition) is 2. The van der Waals surface area contributed by atoms with E-state index in [1.165, 1.54) is 24.4 Å². The fraction of sp³-hybridized carbons (Fsp3) is 0.0909. The van der Waals surface area contributed by atoms with Gasteiger partial charge in [-0.1, -0.05) is 18.2 Å². The summed E-state index contributed by atoms with van der Waals surface area (Å²) in [6, 6.07) is 6.89. The molecule has 1 aromatic carbocycles. The number of rotatable bonds is 1. The second-order valence-corrected chi connectivity index (χ2v) is 3.35. The normalized spacial score (nSPS) is 11.7. The predicted molar refractivity (Wildman–Crippen MR) is 55.6 cm³/mol. The summed E-state index contributed by atoms with van der Waals surface area (Å²) in [6.07, 6.45) is -2.86. The molecule has 16 heavy (non-hydrogen) atoms. The molecule has 1 heterocycles. The maximum atomic E-state index is 12.7. The van der Waals surface area contributed by atoms with Crippen molar-refractivity contribution >= 4 is 5.82 Å². The number of anilines is 1. The molecule has 2 rings (SSSR count). The first-order valence-corrected chi connectivity index (χ1v) is 4.59. The molecule has 0 aliphatic heterocycles. The zero-order valence-corrected chi connectivity index (χ0v) is 8.18. The summed E-state index contributed by atoms with van der Waals surface area (Å²) >= 11 is 0. The van der Waals surface area contributed by atoms with Crippen molar-refractivity contribution in [3.8, 4) is 11.1 Å². The Kier molecular flexibility index (Phi) is 2.38. The largest absolute Gasteiger partial charge is 0.417 e. The molecule has 2 aromatic rings. The second kappa shape index (κ2) is 3.59. The Morgan fingerprint density at radius 2 is 1.69 bits per heavy atom. The third-order valence-corrected chi connectivity index (χ3v) is 2.30. The molecule has 0 bridgehead atoms. The van der Waals surface area contributed by atoms with Crippen LogP contribution in [0.4, 0.5) is 19.0 Å². The Morgan fingerprint density at radius 3 is 2.25 bits per heavy atom. The lowest BCUT2D eigenvalue weighted by molar-refractivity contribution is -0.137. The van der Waals surface area contributed by atoms with Gasteiger partial charge in [-0.15, -0.1) is 0 Å². The van der Waals surface area contributed by atoms with Crippen LogP contribution in [-0.2, 0) is 6.18 Å². The summed E-state index contributed by atoms with van der Waals surface area (Å²) in [5.41, 5.74) is 5.34. The topological polar surface area (TPSA) is 41.8 Å². The lowest BCUT2D eigenvalue weighted by Gasteiger charge is -2.11. The highest BCUT2D eigenvalue weighted by Gasteiger charge is 2.33. The predicted octanol–water partition coefficient (Wildman–Crippen LogP) is 3.28. The van der Waals surface area contributed by atoms with Crippen LogP contribution in [0.3, 0.4) is 0 Å². The minimum atomic E-state index is -4.37. The Labute approximate surface area is 89.9 Å². The highest BCUT2D eigenvalue weighted by molar-refractivity contribution is 5.77. The SMILES string of the molecule is Nc1[nH]ccc1-c1ccccc1C(F)(F)F. The molecule has 0 aliphatic rings. The van der Waals surface area contributed by atoms with Gasteiger partial charge in [-0.25, -0.2) is 0 Å². The van der Waals surface area contributed by atoms with Gasteiger partial charge in [0.15, 0.2) is 0 Å². The van der Waals surface area contributed by atoms with Crippen molar-refractivity contribution in [1.82, 2.24) is 4.98 Å². The molecule has 0 amide bonds. The Hall–Kier alpha value is -1.91. The standard InChI is InChI=1S/C11H9F3N2/c12-11(13,14)9-4-2-1-3-7(9)8-5-6-16-10(8)15/h1-6,16H,15H2. The van der Waals surface area contributed by atoms with Crippen LogP contribution in [0, 0.1) is 0 Å². The van der Waals surface area contributed by atoms with Gasteiger partial charge in [0.2, 0.25) is 0 Å². The van der Waals surface area contributed by atoms with Crippen LogP contribution in [0.15, 0.2) is 36.5 Å². The van der Waals surface area contributed by atoms with Crippen LogP contribution in [0.2, 0.25) is 0 Å². The molecule has 2 nitrogen and oxygen atoms in total. The van der Waals surface area contributed by atoms with E-state index < -0.39 is 11.7 Å². The van der Waals surface area contributed by atoms with Crippen LogP contribution in [0.5, 0.6) is 0 Å². The number of aromatic amines is 1. The third-order valence-electron chi connectivity index (χ3n) is 2.30.